The van der Waals surface area contributed by atoms with Crippen LogP contribution in [-0.4, -0.2) is 29.2 Å². The quantitative estimate of drug-likeness (QED) is 0.452. The van der Waals surface area contributed by atoms with Gasteiger partial charge in [0.1, 0.15) is 6.23 Å². The first-order valence-corrected chi connectivity index (χ1v) is 2.35. The van der Waals surface area contributed by atoms with E-state index in [4.69, 9.17) is 5.11 Å². The van der Waals surface area contributed by atoms with Gasteiger partial charge in [-0.05, 0) is 6.08 Å². The maximum absolute atomic E-state index is 10.5. The molecule has 0 aromatic rings. The summed E-state index contributed by atoms with van der Waals surface area (Å²) in [6.07, 6.45) is 2.09. The first-order chi connectivity index (χ1) is 3.72. The van der Waals surface area contributed by atoms with Gasteiger partial charge in [0, 0.05) is 13.1 Å². The average Bonchev–Trinajstić information content (AvgIpc) is 1.98. The minimum absolute atomic E-state index is 0.141. The lowest BCUT2D eigenvalue weighted by molar-refractivity contribution is -0.128. The first kappa shape index (κ1) is 5.31. The molecule has 1 heterocycles. The SMILES string of the molecule is CN1C(=O)C=CC1O. The van der Waals surface area contributed by atoms with Crippen LogP contribution in [0.1, 0.15) is 0 Å². The molecule has 1 unspecified atom stereocenters. The van der Waals surface area contributed by atoms with Crippen molar-refractivity contribution in [3.63, 3.8) is 0 Å². The summed E-state index contributed by atoms with van der Waals surface area (Å²) in [5.74, 6) is -0.141. The van der Waals surface area contributed by atoms with Gasteiger partial charge in [-0.3, -0.25) is 4.79 Å². The zero-order chi connectivity index (χ0) is 6.15. The minimum Gasteiger partial charge on any atom is -0.370 e. The van der Waals surface area contributed by atoms with E-state index < -0.39 is 6.23 Å². The topological polar surface area (TPSA) is 40.5 Å². The highest BCUT2D eigenvalue weighted by Crippen LogP contribution is 2.03. The van der Waals surface area contributed by atoms with Gasteiger partial charge in [-0.25, -0.2) is 0 Å². The van der Waals surface area contributed by atoms with Gasteiger partial charge in [0.05, 0.1) is 0 Å². The maximum Gasteiger partial charge on any atom is 0.248 e. The largest absolute Gasteiger partial charge is 0.370 e. The molecule has 44 valence electrons. The Morgan fingerprint density at radius 1 is 1.88 bits per heavy atom. The van der Waals surface area contributed by atoms with Gasteiger partial charge < -0.3 is 10.0 Å². The van der Waals surface area contributed by atoms with Crippen molar-refractivity contribution in [2.45, 2.75) is 6.23 Å². The Bertz CT molecular complexity index is 141. The molecule has 1 aliphatic heterocycles. The van der Waals surface area contributed by atoms with E-state index >= 15 is 0 Å². The second-order valence-electron chi connectivity index (χ2n) is 1.72. The highest BCUT2D eigenvalue weighted by Gasteiger charge is 2.17. The molecule has 1 aliphatic rings. The summed E-state index contributed by atoms with van der Waals surface area (Å²) < 4.78 is 0. The number of rotatable bonds is 0. The second-order valence-corrected chi connectivity index (χ2v) is 1.72. The van der Waals surface area contributed by atoms with E-state index in [2.05, 4.69) is 0 Å². The molecular weight excluding hydrogens is 106 g/mol. The van der Waals surface area contributed by atoms with Crippen LogP contribution in [0.2, 0.25) is 0 Å². The molecule has 0 aromatic heterocycles. The zero-order valence-corrected chi connectivity index (χ0v) is 4.53. The Morgan fingerprint density at radius 3 is 2.62 bits per heavy atom. The lowest BCUT2D eigenvalue weighted by Gasteiger charge is -2.11. The molecule has 1 amide bonds. The monoisotopic (exact) mass is 113 g/mol. The highest BCUT2D eigenvalue weighted by atomic mass is 16.3. The number of carbonyl (C=O) groups excluding carboxylic acids is 1. The maximum atomic E-state index is 10.5. The fourth-order valence-electron chi connectivity index (χ4n) is 0.545. The molecule has 8 heavy (non-hydrogen) atoms. The Balaban J connectivity index is 2.69. The number of nitrogens with zero attached hydrogens (tertiary/aromatic N) is 1. The Morgan fingerprint density at radius 2 is 2.50 bits per heavy atom. The molecule has 0 saturated carbocycles. The van der Waals surface area contributed by atoms with Crippen LogP contribution in [0.5, 0.6) is 0 Å². The molecule has 0 bridgehead atoms. The Labute approximate surface area is 47.2 Å². The minimum atomic E-state index is -0.706. The lowest BCUT2D eigenvalue weighted by atomic mass is 10.5. The van der Waals surface area contributed by atoms with Crippen molar-refractivity contribution in [2.24, 2.45) is 0 Å². The predicted octanol–water partition coefficient (Wildman–Crippen LogP) is -0.667. The Hall–Kier alpha value is -0.830. The van der Waals surface area contributed by atoms with Crippen molar-refractivity contribution >= 4 is 5.91 Å². The fourth-order valence-corrected chi connectivity index (χ4v) is 0.545. The number of hydrogen-bond acceptors (Lipinski definition) is 2. The number of hydrogen-bond donors (Lipinski definition) is 1. The van der Waals surface area contributed by atoms with Crippen LogP contribution in [0.25, 0.3) is 0 Å². The first-order valence-electron chi connectivity index (χ1n) is 2.35. The molecule has 3 heteroatoms. The average molecular weight is 113 g/mol. The van der Waals surface area contributed by atoms with Crippen LogP contribution in [0.4, 0.5) is 0 Å². The van der Waals surface area contributed by atoms with E-state index in [0.29, 0.717) is 0 Å². The van der Waals surface area contributed by atoms with E-state index in [1.807, 2.05) is 0 Å². The number of amides is 1. The van der Waals surface area contributed by atoms with Gasteiger partial charge >= 0.3 is 0 Å². The van der Waals surface area contributed by atoms with E-state index in [1.54, 1.807) is 7.05 Å². The third kappa shape index (κ3) is 0.607. The summed E-state index contributed by atoms with van der Waals surface area (Å²) in [7, 11) is 1.55. The van der Waals surface area contributed by atoms with Gasteiger partial charge in [0.2, 0.25) is 5.91 Å². The van der Waals surface area contributed by atoms with Crippen LogP contribution >= 0.6 is 0 Å². The predicted molar refractivity (Wildman–Crippen MR) is 27.9 cm³/mol. The van der Waals surface area contributed by atoms with Crippen molar-refractivity contribution in [1.29, 1.82) is 0 Å². The van der Waals surface area contributed by atoms with Crippen molar-refractivity contribution in [2.75, 3.05) is 7.05 Å². The summed E-state index contributed by atoms with van der Waals surface area (Å²) in [6, 6.07) is 0. The van der Waals surface area contributed by atoms with Crippen molar-refractivity contribution in [1.82, 2.24) is 4.90 Å². The van der Waals surface area contributed by atoms with E-state index in [1.165, 1.54) is 17.1 Å². The standard InChI is InChI=1S/C5H7NO2/c1-6-4(7)2-3-5(6)8/h2-4,7H,1H3. The van der Waals surface area contributed by atoms with Crippen LogP contribution in [0.15, 0.2) is 12.2 Å². The fraction of sp³-hybridized carbons (Fsp3) is 0.400. The molecule has 0 aliphatic carbocycles. The molecule has 1 rings (SSSR count). The smallest absolute Gasteiger partial charge is 0.248 e. The van der Waals surface area contributed by atoms with Gasteiger partial charge in [0.15, 0.2) is 0 Å². The molecule has 3 nitrogen and oxygen atoms in total. The lowest BCUT2D eigenvalue weighted by Crippen LogP contribution is -2.28. The molecule has 1 atom stereocenters. The summed E-state index contributed by atoms with van der Waals surface area (Å²) in [6.45, 7) is 0. The van der Waals surface area contributed by atoms with E-state index in [0.717, 1.165) is 0 Å². The molecule has 0 radical (unpaired) electrons. The summed E-state index contributed by atoms with van der Waals surface area (Å²) >= 11 is 0. The molecule has 1 N–H and O–H groups in total. The third-order valence-electron chi connectivity index (χ3n) is 1.16. The van der Waals surface area contributed by atoms with Crippen molar-refractivity contribution in [3.8, 4) is 0 Å². The van der Waals surface area contributed by atoms with Gasteiger partial charge in [-0.1, -0.05) is 0 Å². The summed E-state index contributed by atoms with van der Waals surface area (Å²) in [5.41, 5.74) is 0. The third-order valence-corrected chi connectivity index (χ3v) is 1.16. The molecule has 0 fully saturated rings. The zero-order valence-electron chi connectivity index (χ0n) is 4.53. The van der Waals surface area contributed by atoms with E-state index in [9.17, 15) is 4.79 Å². The molecule has 0 saturated heterocycles. The normalized spacial score (nSPS) is 27.5. The second kappa shape index (κ2) is 1.59. The number of likely N-dealkylation sites (N-methyl/N-ethyl adjacent to an activating group) is 1. The summed E-state index contributed by atoms with van der Waals surface area (Å²) in [5, 5.41) is 8.79. The van der Waals surface area contributed by atoms with Crippen molar-refractivity contribution in [3.05, 3.63) is 12.2 Å². The van der Waals surface area contributed by atoms with Gasteiger partial charge in [0.25, 0.3) is 0 Å². The molecular formula is C5H7NO2. The van der Waals surface area contributed by atoms with Crippen LogP contribution < -0.4 is 0 Å². The molecule has 0 aromatic carbocycles. The number of aliphatic hydroxyl groups excluding tert-OH is 1. The number of aliphatic hydroxyl groups is 1. The Kier molecular flexibility index (Phi) is 1.06. The van der Waals surface area contributed by atoms with Gasteiger partial charge in [-0.2, -0.15) is 0 Å². The van der Waals surface area contributed by atoms with Crippen LogP contribution in [0, 0.1) is 0 Å². The van der Waals surface area contributed by atoms with E-state index in [-0.39, 0.29) is 5.91 Å². The summed E-state index contributed by atoms with van der Waals surface area (Å²) in [4.78, 5) is 11.7. The van der Waals surface area contributed by atoms with Crippen molar-refractivity contribution < 1.29 is 9.90 Å². The highest BCUT2D eigenvalue weighted by molar-refractivity contribution is 5.90. The number of carbonyl (C=O) groups is 1. The van der Waals surface area contributed by atoms with Gasteiger partial charge in [-0.15, -0.1) is 0 Å². The molecule has 0 spiro atoms. The van der Waals surface area contributed by atoms with Crippen LogP contribution in [0.3, 0.4) is 0 Å². The van der Waals surface area contributed by atoms with Crippen LogP contribution in [-0.2, 0) is 4.79 Å².